The Morgan fingerprint density at radius 3 is 2.56 bits per heavy atom. The highest BCUT2D eigenvalue weighted by Gasteiger charge is 2.01. The lowest BCUT2D eigenvalue weighted by Crippen LogP contribution is -1.98. The summed E-state index contributed by atoms with van der Waals surface area (Å²) in [7, 11) is 1.66. The number of halogens is 1. The molecule has 0 atom stereocenters. The van der Waals surface area contributed by atoms with E-state index in [2.05, 4.69) is 27.6 Å². The SMILES string of the molecule is COc1ccc(COc2cc(I)c(C)cn2)cc1. The molecule has 0 aliphatic rings. The Hall–Kier alpha value is -1.30. The molecule has 0 aliphatic carbocycles. The Morgan fingerprint density at radius 1 is 1.22 bits per heavy atom. The summed E-state index contributed by atoms with van der Waals surface area (Å²) in [6.45, 7) is 2.54. The first kappa shape index (κ1) is 13.1. The number of nitrogens with zero attached hydrogens (tertiary/aromatic N) is 1. The Kier molecular flexibility index (Phi) is 4.41. The monoisotopic (exact) mass is 355 g/mol. The van der Waals surface area contributed by atoms with E-state index in [1.54, 1.807) is 7.11 Å². The molecule has 0 bridgehead atoms. The van der Waals surface area contributed by atoms with Gasteiger partial charge in [0.2, 0.25) is 5.88 Å². The van der Waals surface area contributed by atoms with E-state index in [0.717, 1.165) is 20.4 Å². The Bertz CT molecular complexity index is 526. The maximum atomic E-state index is 5.64. The predicted molar refractivity (Wildman–Crippen MR) is 79.0 cm³/mol. The summed E-state index contributed by atoms with van der Waals surface area (Å²) < 4.78 is 11.9. The molecule has 18 heavy (non-hydrogen) atoms. The van der Waals surface area contributed by atoms with Crippen molar-refractivity contribution in [3.8, 4) is 11.6 Å². The molecule has 3 nitrogen and oxygen atoms in total. The molecule has 0 radical (unpaired) electrons. The van der Waals surface area contributed by atoms with Crippen LogP contribution in [0, 0.1) is 10.5 Å². The van der Waals surface area contributed by atoms with Gasteiger partial charge in [-0.05, 0) is 52.8 Å². The molecule has 1 heterocycles. The van der Waals surface area contributed by atoms with Crippen molar-refractivity contribution in [1.82, 2.24) is 4.98 Å². The third kappa shape index (κ3) is 3.35. The topological polar surface area (TPSA) is 31.4 Å². The van der Waals surface area contributed by atoms with Crippen molar-refractivity contribution in [2.24, 2.45) is 0 Å². The number of rotatable bonds is 4. The zero-order chi connectivity index (χ0) is 13.0. The van der Waals surface area contributed by atoms with Crippen molar-refractivity contribution < 1.29 is 9.47 Å². The highest BCUT2D eigenvalue weighted by molar-refractivity contribution is 14.1. The van der Waals surface area contributed by atoms with Gasteiger partial charge in [0.1, 0.15) is 12.4 Å². The van der Waals surface area contributed by atoms with Gasteiger partial charge in [-0.2, -0.15) is 0 Å². The maximum Gasteiger partial charge on any atom is 0.214 e. The second kappa shape index (κ2) is 6.04. The molecule has 0 fully saturated rings. The number of pyridine rings is 1. The lowest BCUT2D eigenvalue weighted by atomic mass is 10.2. The zero-order valence-corrected chi connectivity index (χ0v) is 12.5. The smallest absolute Gasteiger partial charge is 0.214 e. The van der Waals surface area contributed by atoms with Gasteiger partial charge in [-0.15, -0.1) is 0 Å². The minimum atomic E-state index is 0.510. The summed E-state index contributed by atoms with van der Waals surface area (Å²) >= 11 is 2.28. The molecule has 0 spiro atoms. The Labute approximate surface area is 120 Å². The second-order valence-electron chi connectivity index (χ2n) is 3.91. The maximum absolute atomic E-state index is 5.64. The molecule has 2 aromatic rings. The lowest BCUT2D eigenvalue weighted by molar-refractivity contribution is 0.293. The van der Waals surface area contributed by atoms with Crippen molar-refractivity contribution in [2.75, 3.05) is 7.11 Å². The van der Waals surface area contributed by atoms with Crippen LogP contribution in [-0.2, 0) is 6.61 Å². The van der Waals surface area contributed by atoms with Crippen molar-refractivity contribution >= 4 is 22.6 Å². The highest BCUT2D eigenvalue weighted by Crippen LogP contribution is 2.17. The lowest BCUT2D eigenvalue weighted by Gasteiger charge is -2.07. The Morgan fingerprint density at radius 2 is 1.94 bits per heavy atom. The minimum Gasteiger partial charge on any atom is -0.497 e. The van der Waals surface area contributed by atoms with Gasteiger partial charge in [0.05, 0.1) is 7.11 Å². The van der Waals surface area contributed by atoms with Crippen LogP contribution in [0.2, 0.25) is 0 Å². The fraction of sp³-hybridized carbons (Fsp3) is 0.214. The number of benzene rings is 1. The number of aromatic nitrogens is 1. The molecule has 4 heteroatoms. The largest absolute Gasteiger partial charge is 0.497 e. The third-order valence-corrected chi connectivity index (χ3v) is 3.72. The summed E-state index contributed by atoms with van der Waals surface area (Å²) in [4.78, 5) is 4.24. The van der Waals surface area contributed by atoms with Crippen LogP contribution in [0.15, 0.2) is 36.5 Å². The molecule has 2 rings (SSSR count). The molecule has 0 N–H and O–H groups in total. The number of ether oxygens (including phenoxy) is 2. The normalized spacial score (nSPS) is 10.2. The molecular formula is C14H14INO2. The van der Waals surface area contributed by atoms with Crippen molar-refractivity contribution in [3.63, 3.8) is 0 Å². The van der Waals surface area contributed by atoms with Crippen molar-refractivity contribution in [3.05, 3.63) is 51.2 Å². The fourth-order valence-electron chi connectivity index (χ4n) is 1.44. The van der Waals surface area contributed by atoms with E-state index >= 15 is 0 Å². The van der Waals surface area contributed by atoms with Gasteiger partial charge < -0.3 is 9.47 Å². The summed E-state index contributed by atoms with van der Waals surface area (Å²) in [5, 5.41) is 0. The second-order valence-corrected chi connectivity index (χ2v) is 5.07. The molecule has 1 aromatic carbocycles. The Balaban J connectivity index is 1.99. The standard InChI is InChI=1S/C14H14INO2/c1-10-8-16-14(7-13(10)15)18-9-11-3-5-12(17-2)6-4-11/h3-8H,9H2,1-2H3. The first-order chi connectivity index (χ1) is 8.69. The van der Waals surface area contributed by atoms with E-state index < -0.39 is 0 Å². The average molecular weight is 355 g/mol. The van der Waals surface area contributed by atoms with Gasteiger partial charge in [-0.25, -0.2) is 4.98 Å². The number of methoxy groups -OCH3 is 1. The molecule has 1 aromatic heterocycles. The number of aryl methyl sites for hydroxylation is 1. The van der Waals surface area contributed by atoms with E-state index in [1.807, 2.05) is 43.5 Å². The summed E-state index contributed by atoms with van der Waals surface area (Å²) in [6.07, 6.45) is 1.82. The van der Waals surface area contributed by atoms with Gasteiger partial charge >= 0.3 is 0 Å². The van der Waals surface area contributed by atoms with Crippen molar-refractivity contribution in [2.45, 2.75) is 13.5 Å². The third-order valence-electron chi connectivity index (χ3n) is 2.56. The summed E-state index contributed by atoms with van der Waals surface area (Å²) in [5.74, 6) is 1.50. The van der Waals surface area contributed by atoms with Gasteiger partial charge in [-0.1, -0.05) is 12.1 Å². The molecule has 0 aliphatic heterocycles. The molecule has 0 unspecified atom stereocenters. The summed E-state index contributed by atoms with van der Waals surface area (Å²) in [5.41, 5.74) is 2.25. The van der Waals surface area contributed by atoms with Crippen LogP contribution in [0.1, 0.15) is 11.1 Å². The molecule has 0 amide bonds. The van der Waals surface area contributed by atoms with Crippen molar-refractivity contribution in [1.29, 1.82) is 0 Å². The number of hydrogen-bond donors (Lipinski definition) is 0. The first-order valence-electron chi connectivity index (χ1n) is 5.57. The van der Waals surface area contributed by atoms with Crippen LogP contribution in [0.4, 0.5) is 0 Å². The van der Waals surface area contributed by atoms with Crippen LogP contribution < -0.4 is 9.47 Å². The van der Waals surface area contributed by atoms with E-state index in [0.29, 0.717) is 12.5 Å². The van der Waals surface area contributed by atoms with Gasteiger partial charge in [-0.3, -0.25) is 0 Å². The van der Waals surface area contributed by atoms with Crippen LogP contribution in [0.25, 0.3) is 0 Å². The minimum absolute atomic E-state index is 0.510. The summed E-state index contributed by atoms with van der Waals surface area (Å²) in [6, 6.07) is 9.76. The van der Waals surface area contributed by atoms with Gasteiger partial charge in [0.25, 0.3) is 0 Å². The quantitative estimate of drug-likeness (QED) is 0.786. The van der Waals surface area contributed by atoms with Crippen LogP contribution in [-0.4, -0.2) is 12.1 Å². The van der Waals surface area contributed by atoms with Gasteiger partial charge in [0.15, 0.2) is 0 Å². The molecule has 0 saturated carbocycles. The van der Waals surface area contributed by atoms with E-state index in [1.165, 1.54) is 0 Å². The molecule has 94 valence electrons. The van der Waals surface area contributed by atoms with Crippen LogP contribution in [0.5, 0.6) is 11.6 Å². The predicted octanol–water partition coefficient (Wildman–Crippen LogP) is 3.58. The van der Waals surface area contributed by atoms with Gasteiger partial charge in [0, 0.05) is 15.8 Å². The van der Waals surface area contributed by atoms with E-state index in [4.69, 9.17) is 9.47 Å². The van der Waals surface area contributed by atoms with E-state index in [-0.39, 0.29) is 0 Å². The molecular weight excluding hydrogens is 341 g/mol. The number of hydrogen-bond acceptors (Lipinski definition) is 3. The highest BCUT2D eigenvalue weighted by atomic mass is 127. The average Bonchev–Trinajstić information content (AvgIpc) is 2.41. The fourth-order valence-corrected chi connectivity index (χ4v) is 1.85. The molecule has 0 saturated heterocycles. The van der Waals surface area contributed by atoms with E-state index in [9.17, 15) is 0 Å². The zero-order valence-electron chi connectivity index (χ0n) is 10.3. The van der Waals surface area contributed by atoms with Crippen LogP contribution >= 0.6 is 22.6 Å². The first-order valence-corrected chi connectivity index (χ1v) is 6.65. The van der Waals surface area contributed by atoms with Crippen LogP contribution in [0.3, 0.4) is 0 Å².